The minimum atomic E-state index is -0.823. The molecule has 4 heteroatoms. The molecule has 0 aromatic heterocycles. The number of hydrogen-bond donors (Lipinski definition) is 2. The van der Waals surface area contributed by atoms with E-state index in [1.807, 2.05) is 0 Å². The molecule has 0 aliphatic heterocycles. The highest BCUT2D eigenvalue weighted by Crippen LogP contribution is 2.22. The highest BCUT2D eigenvalue weighted by molar-refractivity contribution is 5.67. The van der Waals surface area contributed by atoms with Crippen LogP contribution in [0.1, 0.15) is 6.42 Å². The largest absolute Gasteiger partial charge is 0.495 e. The van der Waals surface area contributed by atoms with Gasteiger partial charge in [-0.3, -0.25) is 4.79 Å². The van der Waals surface area contributed by atoms with Crippen molar-refractivity contribution >= 4 is 11.7 Å². The zero-order valence-electron chi connectivity index (χ0n) is 7.91. The van der Waals surface area contributed by atoms with E-state index in [9.17, 15) is 4.79 Å². The Morgan fingerprint density at radius 2 is 2.50 bits per heavy atom. The van der Waals surface area contributed by atoms with Gasteiger partial charge in [0.1, 0.15) is 5.75 Å². The van der Waals surface area contributed by atoms with Crippen LogP contribution in [-0.2, 0) is 4.79 Å². The van der Waals surface area contributed by atoms with E-state index in [1.54, 1.807) is 25.3 Å². The zero-order valence-corrected chi connectivity index (χ0v) is 7.91. The number of benzene rings is 1. The average Bonchev–Trinajstić information content (AvgIpc) is 2.18. The molecule has 0 unspecified atom stereocenters. The summed E-state index contributed by atoms with van der Waals surface area (Å²) in [7, 11) is 1.57. The molecule has 1 aromatic carbocycles. The van der Waals surface area contributed by atoms with Gasteiger partial charge in [0.2, 0.25) is 0 Å². The molecule has 0 spiro atoms. The topological polar surface area (TPSA) is 58.6 Å². The summed E-state index contributed by atoms with van der Waals surface area (Å²) in [6, 6.07) is 8.11. The Morgan fingerprint density at radius 3 is 3.14 bits per heavy atom. The molecule has 0 saturated heterocycles. The van der Waals surface area contributed by atoms with E-state index in [2.05, 4.69) is 11.4 Å². The molecule has 1 radical (unpaired) electrons. The second-order valence-corrected chi connectivity index (χ2v) is 2.70. The Balaban J connectivity index is 2.53. The van der Waals surface area contributed by atoms with Crippen molar-refractivity contribution in [1.29, 1.82) is 0 Å². The third-order valence-corrected chi connectivity index (χ3v) is 1.70. The van der Waals surface area contributed by atoms with Crippen molar-refractivity contribution in [2.45, 2.75) is 6.42 Å². The van der Waals surface area contributed by atoms with Crippen LogP contribution in [0.15, 0.2) is 18.2 Å². The van der Waals surface area contributed by atoms with Crippen molar-refractivity contribution in [3.8, 4) is 5.75 Å². The van der Waals surface area contributed by atoms with Crippen LogP contribution in [0.25, 0.3) is 0 Å². The minimum absolute atomic E-state index is 0.0814. The van der Waals surface area contributed by atoms with Gasteiger partial charge in [-0.1, -0.05) is 6.07 Å². The molecule has 4 nitrogen and oxygen atoms in total. The second kappa shape index (κ2) is 5.11. The molecule has 75 valence electrons. The molecule has 2 N–H and O–H groups in total. The maximum atomic E-state index is 10.3. The van der Waals surface area contributed by atoms with Crippen molar-refractivity contribution in [2.75, 3.05) is 19.0 Å². The molecule has 1 aromatic rings. The lowest BCUT2D eigenvalue weighted by Crippen LogP contribution is -2.08. The standard InChI is InChI=1S/C10H12NO3/c1-14-9-5-3-2-4-8(9)11-7-6-10(12)13/h3-5,11H,6-7H2,1H3,(H,12,13). The third-order valence-electron chi connectivity index (χ3n) is 1.70. The van der Waals surface area contributed by atoms with Crippen LogP contribution in [-0.4, -0.2) is 24.7 Å². The second-order valence-electron chi connectivity index (χ2n) is 2.70. The first-order valence-electron chi connectivity index (χ1n) is 4.24. The van der Waals surface area contributed by atoms with Gasteiger partial charge in [-0.2, -0.15) is 0 Å². The van der Waals surface area contributed by atoms with Crippen molar-refractivity contribution < 1.29 is 14.6 Å². The molecule has 1 rings (SSSR count). The first-order chi connectivity index (χ1) is 6.74. The quantitative estimate of drug-likeness (QED) is 0.743. The average molecular weight is 194 g/mol. The molecule has 0 aliphatic rings. The SMILES string of the molecule is COc1cc[c]cc1NCCC(=O)O. The first-order valence-corrected chi connectivity index (χ1v) is 4.24. The highest BCUT2D eigenvalue weighted by Gasteiger charge is 2.01. The number of carboxylic acid groups (broad SMARTS) is 1. The minimum Gasteiger partial charge on any atom is -0.495 e. The van der Waals surface area contributed by atoms with Gasteiger partial charge < -0.3 is 15.2 Å². The Kier molecular flexibility index (Phi) is 3.79. The Labute approximate surface area is 82.5 Å². The summed E-state index contributed by atoms with van der Waals surface area (Å²) in [5.74, 6) is -0.134. The fourth-order valence-electron chi connectivity index (χ4n) is 1.04. The van der Waals surface area contributed by atoms with Crippen molar-refractivity contribution in [2.24, 2.45) is 0 Å². The summed E-state index contributed by atoms with van der Waals surface area (Å²) in [5.41, 5.74) is 0.760. The fourth-order valence-corrected chi connectivity index (χ4v) is 1.04. The van der Waals surface area contributed by atoms with Gasteiger partial charge in [0.15, 0.2) is 0 Å². The summed E-state index contributed by atoms with van der Waals surface area (Å²) >= 11 is 0. The Morgan fingerprint density at radius 1 is 1.71 bits per heavy atom. The fraction of sp³-hybridized carbons (Fsp3) is 0.300. The summed E-state index contributed by atoms with van der Waals surface area (Å²) in [5, 5.41) is 11.4. The zero-order chi connectivity index (χ0) is 10.4. The number of methoxy groups -OCH3 is 1. The van der Waals surface area contributed by atoms with Crippen LogP contribution in [0.2, 0.25) is 0 Å². The van der Waals surface area contributed by atoms with Crippen LogP contribution in [0.5, 0.6) is 5.75 Å². The number of ether oxygens (including phenoxy) is 1. The van der Waals surface area contributed by atoms with Gasteiger partial charge in [-0.15, -0.1) is 0 Å². The molecule has 0 fully saturated rings. The van der Waals surface area contributed by atoms with E-state index in [0.717, 1.165) is 5.69 Å². The number of nitrogens with one attached hydrogen (secondary N) is 1. The number of anilines is 1. The highest BCUT2D eigenvalue weighted by atomic mass is 16.5. The van der Waals surface area contributed by atoms with Crippen LogP contribution in [0, 0.1) is 6.07 Å². The van der Waals surface area contributed by atoms with Crippen molar-refractivity contribution in [3.63, 3.8) is 0 Å². The maximum Gasteiger partial charge on any atom is 0.305 e. The number of hydrogen-bond acceptors (Lipinski definition) is 3. The molecule has 0 heterocycles. The molecule has 0 amide bonds. The number of carbonyl (C=O) groups is 1. The van der Waals surface area contributed by atoms with E-state index < -0.39 is 5.97 Å². The molecular formula is C10H12NO3. The third kappa shape index (κ3) is 2.97. The van der Waals surface area contributed by atoms with Gasteiger partial charge in [-0.05, 0) is 18.2 Å². The van der Waals surface area contributed by atoms with Crippen molar-refractivity contribution in [3.05, 3.63) is 24.3 Å². The van der Waals surface area contributed by atoms with Crippen LogP contribution in [0.3, 0.4) is 0 Å². The van der Waals surface area contributed by atoms with E-state index in [1.165, 1.54) is 0 Å². The van der Waals surface area contributed by atoms with Crippen molar-refractivity contribution in [1.82, 2.24) is 0 Å². The van der Waals surface area contributed by atoms with E-state index in [-0.39, 0.29) is 6.42 Å². The maximum absolute atomic E-state index is 10.3. The summed E-state index contributed by atoms with van der Waals surface area (Å²) in [6.45, 7) is 0.379. The molecule has 14 heavy (non-hydrogen) atoms. The summed E-state index contributed by atoms with van der Waals surface area (Å²) in [6.07, 6.45) is 0.0814. The van der Waals surface area contributed by atoms with Gasteiger partial charge in [-0.25, -0.2) is 0 Å². The van der Waals surface area contributed by atoms with E-state index in [0.29, 0.717) is 12.3 Å². The summed E-state index contributed by atoms with van der Waals surface area (Å²) < 4.78 is 5.07. The molecule has 0 aliphatic carbocycles. The lowest BCUT2D eigenvalue weighted by atomic mass is 10.3. The monoisotopic (exact) mass is 194 g/mol. The lowest BCUT2D eigenvalue weighted by Gasteiger charge is -2.09. The van der Waals surface area contributed by atoms with Gasteiger partial charge in [0.05, 0.1) is 19.2 Å². The van der Waals surface area contributed by atoms with E-state index in [4.69, 9.17) is 9.84 Å². The van der Waals surface area contributed by atoms with E-state index >= 15 is 0 Å². The predicted molar refractivity (Wildman–Crippen MR) is 52.6 cm³/mol. The number of aliphatic carboxylic acids is 1. The molecular weight excluding hydrogens is 182 g/mol. The molecule has 0 atom stereocenters. The van der Waals surface area contributed by atoms with Gasteiger partial charge >= 0.3 is 5.97 Å². The van der Waals surface area contributed by atoms with Crippen LogP contribution >= 0.6 is 0 Å². The first kappa shape index (κ1) is 10.4. The molecule has 0 bridgehead atoms. The molecule has 0 saturated carbocycles. The van der Waals surface area contributed by atoms with Gasteiger partial charge in [0.25, 0.3) is 0 Å². The number of rotatable bonds is 5. The Hall–Kier alpha value is -1.71. The number of carboxylic acids is 1. The van der Waals surface area contributed by atoms with Gasteiger partial charge in [0, 0.05) is 6.54 Å². The summed E-state index contributed by atoms with van der Waals surface area (Å²) in [4.78, 5) is 10.3. The normalized spacial score (nSPS) is 9.50. The van der Waals surface area contributed by atoms with Crippen LogP contribution < -0.4 is 10.1 Å². The Bertz CT molecular complexity index is 312. The van der Waals surface area contributed by atoms with Crippen LogP contribution in [0.4, 0.5) is 5.69 Å². The predicted octanol–water partition coefficient (Wildman–Crippen LogP) is 1.38. The smallest absolute Gasteiger partial charge is 0.305 e. The lowest BCUT2D eigenvalue weighted by molar-refractivity contribution is -0.136.